The molecular weight excluding hydrogens is 142 g/mol. The second-order valence-electron chi connectivity index (χ2n) is 1.06. The van der Waals surface area contributed by atoms with Crippen molar-refractivity contribution in [3.05, 3.63) is 0 Å². The van der Waals surface area contributed by atoms with Gasteiger partial charge in [-0.15, -0.1) is 6.61 Å². The Balaban J connectivity index is -0.0000000800. The molecule has 33 valence electrons. The van der Waals surface area contributed by atoms with Crippen molar-refractivity contribution in [3.63, 3.8) is 0 Å². The minimum atomic E-state index is 0. The van der Waals surface area contributed by atoms with Gasteiger partial charge in [-0.05, 0) is 0 Å². The molecule has 0 heterocycles. The fraction of sp³-hybridized carbons (Fsp3) is 1.00. The molecule has 0 aliphatic rings. The zero-order valence-corrected chi connectivity index (χ0v) is 11.8. The van der Waals surface area contributed by atoms with E-state index in [0.717, 1.165) is 12.8 Å². The minimum Gasteiger partial charge on any atom is -0.854 e. The van der Waals surface area contributed by atoms with Gasteiger partial charge in [-0.1, -0.05) is 19.8 Å². The number of rotatable bonds is 2. The summed E-state index contributed by atoms with van der Waals surface area (Å²) < 4.78 is 0. The summed E-state index contributed by atoms with van der Waals surface area (Å²) in [7, 11) is 0. The molecule has 7 heavy (non-hydrogen) atoms. The number of hydrogen-bond donors (Lipinski definition) is 0. The fourth-order valence-electron chi connectivity index (χ4n) is 0.144. The summed E-state index contributed by atoms with van der Waals surface area (Å²) in [6.07, 6.45) is 1.86. The summed E-state index contributed by atoms with van der Waals surface area (Å²) in [4.78, 5) is 0. The maximum atomic E-state index is 9.53. The maximum Gasteiger partial charge on any atom is 1.00 e. The Kier molecular flexibility index (Phi) is 38.4. The number of hydrogen-bond acceptors (Lipinski definition) is 1. The van der Waals surface area contributed by atoms with Crippen LogP contribution in [0.2, 0.25) is 0 Å². The van der Waals surface area contributed by atoms with Gasteiger partial charge in [0.05, 0.1) is 0 Å². The van der Waals surface area contributed by atoms with Gasteiger partial charge in [-0.2, -0.15) is 0 Å². The molecule has 0 unspecified atom stereocenters. The van der Waals surface area contributed by atoms with E-state index in [4.69, 9.17) is 0 Å². The Morgan fingerprint density at radius 2 is 1.86 bits per heavy atom. The van der Waals surface area contributed by atoms with E-state index in [0.29, 0.717) is 0 Å². The van der Waals surface area contributed by atoms with Crippen LogP contribution in [0.15, 0.2) is 0 Å². The van der Waals surface area contributed by atoms with Crippen LogP contribution in [0.4, 0.5) is 0 Å². The topological polar surface area (TPSA) is 23.1 Å². The normalized spacial score (nSPS) is 6.00. The Morgan fingerprint density at radius 1 is 1.43 bits per heavy atom. The van der Waals surface area contributed by atoms with E-state index in [2.05, 4.69) is 0 Å². The maximum absolute atomic E-state index is 9.53. The number of unbranched alkanes of at least 4 members (excludes halogenated alkanes) is 1. The van der Waals surface area contributed by atoms with Crippen molar-refractivity contribution < 1.29 is 56.5 Å². The fourth-order valence-corrected chi connectivity index (χ4v) is 0.144. The van der Waals surface area contributed by atoms with Gasteiger partial charge in [-0.25, -0.2) is 0 Å². The van der Waals surface area contributed by atoms with Crippen LogP contribution in [0.5, 0.6) is 0 Å². The van der Waals surface area contributed by atoms with Gasteiger partial charge in [0, 0.05) is 51.4 Å². The summed E-state index contributed by atoms with van der Waals surface area (Å²) in [6, 6.07) is 0. The van der Waals surface area contributed by atoms with Gasteiger partial charge in [0.25, 0.3) is 0 Å². The summed E-state index contributed by atoms with van der Waals surface area (Å²) in [6.45, 7) is 2.11. The van der Waals surface area contributed by atoms with Crippen LogP contribution in [-0.4, -0.2) is 58.0 Å². The van der Waals surface area contributed by atoms with Crippen LogP contribution in [0, 0.1) is 0 Å². The summed E-state index contributed by atoms with van der Waals surface area (Å²) in [5.74, 6) is 0. The monoisotopic (exact) mass is 151 g/mol. The van der Waals surface area contributed by atoms with Crippen molar-refractivity contribution >= 4 is 51.4 Å². The first kappa shape index (κ1) is 16.7. The molecule has 0 aromatic rings. The minimum absolute atomic E-state index is 0. The van der Waals surface area contributed by atoms with Crippen molar-refractivity contribution in [3.8, 4) is 0 Å². The van der Waals surface area contributed by atoms with Crippen molar-refractivity contribution in [2.75, 3.05) is 6.61 Å². The van der Waals surface area contributed by atoms with Crippen molar-refractivity contribution in [2.45, 2.75) is 19.8 Å². The predicted octanol–water partition coefficient (Wildman–Crippen LogP) is -3.23. The standard InChI is InChI=1S/C4H9O.2K/c1-2-3-4-5;;/h2-4H2,1H3;;/q-1;;+1. The van der Waals surface area contributed by atoms with E-state index in [-0.39, 0.29) is 109 Å². The Labute approximate surface area is 130 Å². The van der Waals surface area contributed by atoms with Gasteiger partial charge in [-0.3, -0.25) is 0 Å². The molecule has 0 N–H and O–H groups in total. The van der Waals surface area contributed by atoms with Crippen molar-refractivity contribution in [1.82, 2.24) is 0 Å². The third-order valence-corrected chi connectivity index (χ3v) is 0.498. The molecule has 0 bridgehead atoms. The average molecular weight is 151 g/mol. The molecule has 0 aliphatic carbocycles. The molecule has 0 aliphatic heterocycles. The first-order valence-corrected chi connectivity index (χ1v) is 2.00. The first-order valence-electron chi connectivity index (χ1n) is 2.00. The van der Waals surface area contributed by atoms with Crippen molar-refractivity contribution in [1.29, 1.82) is 0 Å². The first-order chi connectivity index (χ1) is 2.41. The van der Waals surface area contributed by atoms with E-state index < -0.39 is 0 Å². The van der Waals surface area contributed by atoms with E-state index in [1.54, 1.807) is 0 Å². The largest absolute Gasteiger partial charge is 1.00 e. The van der Waals surface area contributed by atoms with Crippen LogP contribution >= 0.6 is 0 Å². The molecule has 0 amide bonds. The SMILES string of the molecule is CCCC[O-].[K+].[K]. The zero-order valence-electron chi connectivity index (χ0n) is 5.53. The zero-order chi connectivity index (χ0) is 4.12. The summed E-state index contributed by atoms with van der Waals surface area (Å²) in [5, 5.41) is 9.53. The van der Waals surface area contributed by atoms with Crippen LogP contribution in [0.3, 0.4) is 0 Å². The Hall–Kier alpha value is 3.23. The Morgan fingerprint density at radius 3 is 1.86 bits per heavy atom. The molecule has 1 nitrogen and oxygen atoms in total. The molecule has 0 saturated carbocycles. The smallest absolute Gasteiger partial charge is 0.854 e. The van der Waals surface area contributed by atoms with Crippen LogP contribution < -0.4 is 56.5 Å². The van der Waals surface area contributed by atoms with Gasteiger partial charge >= 0.3 is 51.4 Å². The molecule has 0 fully saturated rings. The predicted molar refractivity (Wildman–Crippen MR) is 25.5 cm³/mol. The average Bonchev–Trinajstić information content (AvgIpc) is 1.41. The molecule has 3 heteroatoms. The van der Waals surface area contributed by atoms with E-state index in [9.17, 15) is 5.11 Å². The second-order valence-corrected chi connectivity index (χ2v) is 1.06. The van der Waals surface area contributed by atoms with Crippen LogP contribution in [0.1, 0.15) is 19.8 Å². The van der Waals surface area contributed by atoms with Crippen LogP contribution in [0.25, 0.3) is 0 Å². The van der Waals surface area contributed by atoms with Gasteiger partial charge in [0.15, 0.2) is 0 Å². The van der Waals surface area contributed by atoms with Gasteiger partial charge < -0.3 is 5.11 Å². The van der Waals surface area contributed by atoms with E-state index in [1.165, 1.54) is 0 Å². The second kappa shape index (κ2) is 16.1. The quantitative estimate of drug-likeness (QED) is 0.381. The molecule has 0 saturated heterocycles. The molecular formula is C4H9K2O. The summed E-state index contributed by atoms with van der Waals surface area (Å²) >= 11 is 0. The molecule has 1 radical (unpaired) electrons. The van der Waals surface area contributed by atoms with Crippen LogP contribution in [-0.2, 0) is 0 Å². The molecule has 0 aromatic heterocycles. The third kappa shape index (κ3) is 17.6. The van der Waals surface area contributed by atoms with E-state index in [1.807, 2.05) is 6.92 Å². The molecule has 0 aromatic carbocycles. The molecule has 0 atom stereocenters. The molecule has 0 rings (SSSR count). The Bertz CT molecular complexity index is 17.2. The third-order valence-electron chi connectivity index (χ3n) is 0.498. The van der Waals surface area contributed by atoms with Gasteiger partial charge in [0.1, 0.15) is 0 Å². The van der Waals surface area contributed by atoms with E-state index >= 15 is 0 Å². The summed E-state index contributed by atoms with van der Waals surface area (Å²) in [5.41, 5.74) is 0. The molecule has 0 spiro atoms. The van der Waals surface area contributed by atoms with Gasteiger partial charge in [0.2, 0.25) is 0 Å². The van der Waals surface area contributed by atoms with Crippen molar-refractivity contribution in [2.24, 2.45) is 0 Å².